The van der Waals surface area contributed by atoms with Gasteiger partial charge in [0, 0.05) is 17.0 Å². The van der Waals surface area contributed by atoms with Crippen molar-refractivity contribution in [2.24, 2.45) is 0 Å². The van der Waals surface area contributed by atoms with Crippen LogP contribution in [0.25, 0.3) is 0 Å². The molecule has 0 saturated carbocycles. The van der Waals surface area contributed by atoms with Crippen LogP contribution >= 0.6 is 11.3 Å². The Hall–Kier alpha value is -2.78. The minimum absolute atomic E-state index is 0.0410. The van der Waals surface area contributed by atoms with E-state index in [-0.39, 0.29) is 25.0 Å². The van der Waals surface area contributed by atoms with Crippen LogP contribution in [0.15, 0.2) is 41.8 Å². The van der Waals surface area contributed by atoms with E-state index in [1.54, 1.807) is 25.1 Å². The molecule has 0 aliphatic rings. The van der Waals surface area contributed by atoms with E-state index < -0.39 is 6.03 Å². The van der Waals surface area contributed by atoms with Gasteiger partial charge in [-0.15, -0.1) is 16.4 Å². The molecule has 142 valence electrons. The molecule has 1 aromatic carbocycles. The van der Waals surface area contributed by atoms with Gasteiger partial charge in [-0.3, -0.25) is 5.32 Å². The number of halogens is 1. The summed E-state index contributed by atoms with van der Waals surface area (Å²) in [4.78, 5) is 13.3. The van der Waals surface area contributed by atoms with Crippen molar-refractivity contribution in [2.45, 2.75) is 25.9 Å². The van der Waals surface area contributed by atoms with Gasteiger partial charge in [-0.25, -0.2) is 13.9 Å². The fraction of sp³-hybridized carbons (Fsp3) is 0.278. The van der Waals surface area contributed by atoms with E-state index in [9.17, 15) is 14.3 Å². The number of urea groups is 1. The molecule has 3 rings (SSSR count). The maximum absolute atomic E-state index is 13.8. The summed E-state index contributed by atoms with van der Waals surface area (Å²) < 4.78 is 15.3. The maximum Gasteiger partial charge on any atom is 0.321 e. The highest BCUT2D eigenvalue weighted by atomic mass is 32.1. The molecule has 0 aliphatic carbocycles. The van der Waals surface area contributed by atoms with Crippen molar-refractivity contribution in [2.75, 3.05) is 11.9 Å². The van der Waals surface area contributed by atoms with Crippen molar-refractivity contribution in [3.8, 4) is 0 Å². The minimum Gasteiger partial charge on any atom is -0.396 e. The molecule has 2 aromatic heterocycles. The first kappa shape index (κ1) is 19.0. The minimum atomic E-state index is -0.442. The van der Waals surface area contributed by atoms with Crippen LogP contribution in [0.5, 0.6) is 0 Å². The highest BCUT2D eigenvalue weighted by Crippen LogP contribution is 2.22. The number of nitrogens with one attached hydrogen (secondary N) is 2. The Morgan fingerprint density at radius 3 is 2.85 bits per heavy atom. The van der Waals surface area contributed by atoms with E-state index in [1.165, 1.54) is 22.1 Å². The van der Waals surface area contributed by atoms with Crippen LogP contribution in [0.1, 0.15) is 28.6 Å². The number of benzene rings is 1. The Morgan fingerprint density at radius 1 is 1.33 bits per heavy atom. The Kier molecular flexibility index (Phi) is 6.15. The predicted molar refractivity (Wildman–Crippen MR) is 101 cm³/mol. The van der Waals surface area contributed by atoms with Gasteiger partial charge >= 0.3 is 6.03 Å². The molecule has 3 N–H and O–H groups in total. The van der Waals surface area contributed by atoms with Crippen LogP contribution < -0.4 is 10.6 Å². The predicted octanol–water partition coefficient (Wildman–Crippen LogP) is 3.08. The second-order valence-electron chi connectivity index (χ2n) is 5.95. The largest absolute Gasteiger partial charge is 0.396 e. The van der Waals surface area contributed by atoms with Gasteiger partial charge in [0.2, 0.25) is 0 Å². The topological polar surface area (TPSA) is 92.1 Å². The number of aromatic nitrogens is 3. The normalized spacial score (nSPS) is 12.0. The zero-order chi connectivity index (χ0) is 19.2. The van der Waals surface area contributed by atoms with Crippen LogP contribution in [-0.4, -0.2) is 32.7 Å². The van der Waals surface area contributed by atoms with Gasteiger partial charge < -0.3 is 10.4 Å². The Balaban J connectivity index is 1.66. The molecule has 2 amide bonds. The molecule has 3 aromatic rings. The molecule has 0 bridgehead atoms. The van der Waals surface area contributed by atoms with Gasteiger partial charge in [0.1, 0.15) is 5.82 Å². The maximum atomic E-state index is 13.8. The highest BCUT2D eigenvalue weighted by Gasteiger charge is 2.18. The molecule has 0 spiro atoms. The second-order valence-corrected chi connectivity index (χ2v) is 6.93. The van der Waals surface area contributed by atoms with Crippen LogP contribution in [0, 0.1) is 12.7 Å². The first-order chi connectivity index (χ1) is 13.1. The summed E-state index contributed by atoms with van der Waals surface area (Å²) in [6.07, 6.45) is 0.410. The van der Waals surface area contributed by atoms with Crippen molar-refractivity contribution in [3.63, 3.8) is 0 Å². The van der Waals surface area contributed by atoms with E-state index in [2.05, 4.69) is 20.9 Å². The van der Waals surface area contributed by atoms with E-state index >= 15 is 0 Å². The molecule has 0 saturated heterocycles. The van der Waals surface area contributed by atoms with E-state index in [0.717, 1.165) is 4.88 Å². The number of hydrogen-bond donors (Lipinski definition) is 3. The second kappa shape index (κ2) is 8.74. The van der Waals surface area contributed by atoms with Crippen molar-refractivity contribution in [3.05, 3.63) is 63.7 Å². The fourth-order valence-electron chi connectivity index (χ4n) is 2.62. The molecule has 27 heavy (non-hydrogen) atoms. The first-order valence-corrected chi connectivity index (χ1v) is 9.31. The number of carbonyl (C=O) groups is 1. The third-order valence-electron chi connectivity index (χ3n) is 4.10. The number of thiophene rings is 1. The van der Waals surface area contributed by atoms with E-state index in [1.807, 2.05) is 17.5 Å². The van der Waals surface area contributed by atoms with Crippen molar-refractivity contribution in [1.82, 2.24) is 20.3 Å². The summed E-state index contributed by atoms with van der Waals surface area (Å²) >= 11 is 1.51. The Morgan fingerprint density at radius 2 is 2.15 bits per heavy atom. The van der Waals surface area contributed by atoms with E-state index in [4.69, 9.17) is 0 Å². The van der Waals surface area contributed by atoms with Crippen molar-refractivity contribution in [1.29, 1.82) is 0 Å². The number of carbonyl (C=O) groups excluding carboxylic acids is 1. The monoisotopic (exact) mass is 389 g/mol. The molecule has 0 radical (unpaired) electrons. The van der Waals surface area contributed by atoms with Gasteiger partial charge in [-0.1, -0.05) is 29.5 Å². The van der Waals surface area contributed by atoms with Crippen LogP contribution in [0.2, 0.25) is 0 Å². The van der Waals surface area contributed by atoms with Gasteiger partial charge in [0.15, 0.2) is 5.82 Å². The number of amides is 2. The van der Waals surface area contributed by atoms with Crippen LogP contribution in [-0.2, 0) is 6.54 Å². The number of aliphatic hydroxyl groups is 1. The lowest BCUT2D eigenvalue weighted by molar-refractivity contribution is 0.239. The average molecular weight is 389 g/mol. The molecule has 1 unspecified atom stereocenters. The third kappa shape index (κ3) is 4.69. The number of rotatable bonds is 7. The number of anilines is 1. The molecule has 1 atom stereocenters. The molecule has 9 heteroatoms. The number of hydrogen-bond acceptors (Lipinski definition) is 5. The zero-order valence-corrected chi connectivity index (χ0v) is 15.5. The SMILES string of the molecule is Cc1c(NC(=O)NC(CCO)c2cccs2)nnn1Cc1ccccc1F. The molecule has 0 fully saturated rings. The Bertz CT molecular complexity index is 897. The highest BCUT2D eigenvalue weighted by molar-refractivity contribution is 7.10. The fourth-order valence-corrected chi connectivity index (χ4v) is 3.43. The molecular weight excluding hydrogens is 369 g/mol. The zero-order valence-electron chi connectivity index (χ0n) is 14.7. The standard InChI is InChI=1S/C18H20FN5O2S/c1-12-17(22-23-24(12)11-13-5-2-3-6-14(13)19)21-18(26)20-15(8-9-25)16-7-4-10-27-16/h2-7,10,15,25H,8-9,11H2,1H3,(H2,20,21,26). The van der Waals surface area contributed by atoms with Gasteiger partial charge in [-0.2, -0.15) is 0 Å². The third-order valence-corrected chi connectivity index (χ3v) is 5.09. The lowest BCUT2D eigenvalue weighted by atomic mass is 10.2. The van der Waals surface area contributed by atoms with Crippen molar-refractivity contribution < 1.29 is 14.3 Å². The van der Waals surface area contributed by atoms with Gasteiger partial charge in [0.25, 0.3) is 0 Å². The number of nitrogens with zero attached hydrogens (tertiary/aromatic N) is 3. The van der Waals surface area contributed by atoms with Crippen LogP contribution in [0.4, 0.5) is 15.0 Å². The van der Waals surface area contributed by atoms with Crippen LogP contribution in [0.3, 0.4) is 0 Å². The lowest BCUT2D eigenvalue weighted by Crippen LogP contribution is -2.33. The lowest BCUT2D eigenvalue weighted by Gasteiger charge is -2.16. The van der Waals surface area contributed by atoms with Crippen molar-refractivity contribution >= 4 is 23.2 Å². The quantitative estimate of drug-likeness (QED) is 0.579. The first-order valence-electron chi connectivity index (χ1n) is 8.43. The summed E-state index contributed by atoms with van der Waals surface area (Å²) in [6.45, 7) is 1.93. The summed E-state index contributed by atoms with van der Waals surface area (Å²) in [7, 11) is 0. The van der Waals surface area contributed by atoms with Gasteiger partial charge in [0.05, 0.1) is 18.3 Å². The summed E-state index contributed by atoms with van der Waals surface area (Å²) in [5.74, 6) is -0.0137. The van der Waals surface area contributed by atoms with Gasteiger partial charge in [-0.05, 0) is 30.9 Å². The van der Waals surface area contributed by atoms with E-state index in [0.29, 0.717) is 23.5 Å². The molecular formula is C18H20FN5O2S. The summed E-state index contributed by atoms with van der Waals surface area (Å²) in [5, 5.41) is 24.6. The summed E-state index contributed by atoms with van der Waals surface area (Å²) in [5.41, 5.74) is 1.10. The Labute approximate surface area is 159 Å². The molecule has 0 aliphatic heterocycles. The number of aliphatic hydroxyl groups excluding tert-OH is 1. The smallest absolute Gasteiger partial charge is 0.321 e. The molecule has 2 heterocycles. The average Bonchev–Trinajstić information content (AvgIpc) is 3.29. The summed E-state index contributed by atoms with van der Waals surface area (Å²) in [6, 6.07) is 9.51. The molecule has 7 nitrogen and oxygen atoms in total.